The lowest BCUT2D eigenvalue weighted by Crippen LogP contribution is -2.13. The van der Waals surface area contributed by atoms with Gasteiger partial charge in [0.2, 0.25) is 5.89 Å². The molecule has 5 heteroatoms. The lowest BCUT2D eigenvalue weighted by molar-refractivity contribution is 0.102. The van der Waals surface area contributed by atoms with Gasteiger partial charge in [0, 0.05) is 23.0 Å². The molecule has 1 amide bonds. The Morgan fingerprint density at radius 3 is 2.56 bits per heavy atom. The molecular weight excluding hydrogens is 338 g/mol. The molecule has 0 aliphatic carbocycles. The van der Waals surface area contributed by atoms with Crippen LogP contribution in [0.5, 0.6) is 0 Å². The van der Waals surface area contributed by atoms with Gasteiger partial charge in [-0.05, 0) is 79.9 Å². The highest BCUT2D eigenvalue weighted by atomic mass is 16.3. The van der Waals surface area contributed by atoms with E-state index in [1.165, 1.54) is 5.56 Å². The molecule has 0 fully saturated rings. The second-order valence-electron chi connectivity index (χ2n) is 6.63. The SMILES string of the molecule is Cc1ccc(C(=O)Nc2ccc(-c3nc4ncccc4o3)cc2C)cc1C. The molecule has 0 aliphatic rings. The van der Waals surface area contributed by atoms with Crippen LogP contribution in [0.4, 0.5) is 5.69 Å². The zero-order chi connectivity index (χ0) is 19.0. The maximum Gasteiger partial charge on any atom is 0.255 e. The summed E-state index contributed by atoms with van der Waals surface area (Å²) in [5.41, 5.74) is 6.67. The number of benzene rings is 2. The van der Waals surface area contributed by atoms with Gasteiger partial charge >= 0.3 is 0 Å². The van der Waals surface area contributed by atoms with Gasteiger partial charge in [-0.25, -0.2) is 4.98 Å². The van der Waals surface area contributed by atoms with Gasteiger partial charge < -0.3 is 9.73 Å². The maximum atomic E-state index is 12.6. The van der Waals surface area contributed by atoms with Gasteiger partial charge in [-0.1, -0.05) is 6.07 Å². The Morgan fingerprint density at radius 2 is 1.81 bits per heavy atom. The summed E-state index contributed by atoms with van der Waals surface area (Å²) < 4.78 is 5.76. The van der Waals surface area contributed by atoms with Crippen molar-refractivity contribution in [2.24, 2.45) is 0 Å². The minimum absolute atomic E-state index is 0.125. The van der Waals surface area contributed by atoms with Crippen LogP contribution in [0.3, 0.4) is 0 Å². The van der Waals surface area contributed by atoms with E-state index < -0.39 is 0 Å². The number of carbonyl (C=O) groups is 1. The third-order valence-electron chi connectivity index (χ3n) is 4.66. The van der Waals surface area contributed by atoms with E-state index in [0.717, 1.165) is 22.4 Å². The quantitative estimate of drug-likeness (QED) is 0.556. The van der Waals surface area contributed by atoms with Crippen molar-refractivity contribution in [2.75, 3.05) is 5.32 Å². The van der Waals surface area contributed by atoms with Crippen molar-refractivity contribution in [1.29, 1.82) is 0 Å². The van der Waals surface area contributed by atoms with Gasteiger partial charge in [0.25, 0.3) is 5.91 Å². The highest BCUT2D eigenvalue weighted by Gasteiger charge is 2.12. The molecule has 4 aromatic rings. The van der Waals surface area contributed by atoms with Crippen molar-refractivity contribution in [1.82, 2.24) is 9.97 Å². The van der Waals surface area contributed by atoms with E-state index in [-0.39, 0.29) is 5.91 Å². The van der Waals surface area contributed by atoms with E-state index in [4.69, 9.17) is 4.42 Å². The van der Waals surface area contributed by atoms with Crippen LogP contribution in [0.15, 0.2) is 59.1 Å². The molecule has 1 N–H and O–H groups in total. The van der Waals surface area contributed by atoms with Crippen molar-refractivity contribution in [3.63, 3.8) is 0 Å². The number of oxazole rings is 1. The number of pyridine rings is 1. The molecule has 5 nitrogen and oxygen atoms in total. The average Bonchev–Trinajstić information content (AvgIpc) is 3.09. The largest absolute Gasteiger partial charge is 0.434 e. The first-order valence-corrected chi connectivity index (χ1v) is 8.72. The first kappa shape index (κ1) is 17.0. The van der Waals surface area contributed by atoms with Crippen molar-refractivity contribution in [2.45, 2.75) is 20.8 Å². The average molecular weight is 357 g/mol. The molecule has 2 aromatic carbocycles. The summed E-state index contributed by atoms with van der Waals surface area (Å²) in [6.07, 6.45) is 1.69. The lowest BCUT2D eigenvalue weighted by Gasteiger charge is -2.10. The third kappa shape index (κ3) is 3.31. The van der Waals surface area contributed by atoms with Gasteiger partial charge in [-0.15, -0.1) is 0 Å². The lowest BCUT2D eigenvalue weighted by atomic mass is 10.1. The summed E-state index contributed by atoms with van der Waals surface area (Å²) in [5, 5.41) is 2.98. The summed E-state index contributed by atoms with van der Waals surface area (Å²) in [5.74, 6) is 0.388. The third-order valence-corrected chi connectivity index (χ3v) is 4.66. The molecule has 134 valence electrons. The van der Waals surface area contributed by atoms with E-state index in [9.17, 15) is 4.79 Å². The number of aryl methyl sites for hydroxylation is 3. The Morgan fingerprint density at radius 1 is 0.963 bits per heavy atom. The zero-order valence-electron chi connectivity index (χ0n) is 15.4. The number of nitrogens with one attached hydrogen (secondary N) is 1. The maximum absolute atomic E-state index is 12.6. The summed E-state index contributed by atoms with van der Waals surface area (Å²) in [4.78, 5) is 21.2. The van der Waals surface area contributed by atoms with E-state index in [0.29, 0.717) is 22.7 Å². The number of hydrogen-bond donors (Lipinski definition) is 1. The minimum Gasteiger partial charge on any atom is -0.434 e. The molecule has 0 aliphatic heterocycles. The van der Waals surface area contributed by atoms with Crippen LogP contribution in [0.2, 0.25) is 0 Å². The number of fused-ring (bicyclic) bond motifs is 1. The number of hydrogen-bond acceptors (Lipinski definition) is 4. The number of nitrogens with zero attached hydrogens (tertiary/aromatic N) is 2. The van der Waals surface area contributed by atoms with Crippen LogP contribution in [-0.4, -0.2) is 15.9 Å². The van der Waals surface area contributed by atoms with Crippen LogP contribution in [0.1, 0.15) is 27.0 Å². The predicted molar refractivity (Wildman–Crippen MR) is 106 cm³/mol. The molecule has 2 aromatic heterocycles. The second-order valence-corrected chi connectivity index (χ2v) is 6.63. The second kappa shape index (κ2) is 6.68. The van der Waals surface area contributed by atoms with Crippen LogP contribution < -0.4 is 5.32 Å². The minimum atomic E-state index is -0.125. The van der Waals surface area contributed by atoms with Crippen LogP contribution in [0.25, 0.3) is 22.7 Å². The van der Waals surface area contributed by atoms with Crippen molar-refractivity contribution in [3.8, 4) is 11.5 Å². The Kier molecular flexibility index (Phi) is 4.20. The first-order chi connectivity index (χ1) is 13.0. The van der Waals surface area contributed by atoms with Gasteiger partial charge in [0.15, 0.2) is 11.2 Å². The van der Waals surface area contributed by atoms with E-state index in [1.54, 1.807) is 6.20 Å². The van der Waals surface area contributed by atoms with Gasteiger partial charge in [-0.3, -0.25) is 4.79 Å². The van der Waals surface area contributed by atoms with E-state index in [1.807, 2.05) is 69.3 Å². The number of aromatic nitrogens is 2. The molecule has 0 unspecified atom stereocenters. The Hall–Kier alpha value is -3.47. The van der Waals surface area contributed by atoms with Crippen molar-refractivity contribution in [3.05, 3.63) is 77.0 Å². The Balaban J connectivity index is 1.59. The van der Waals surface area contributed by atoms with Crippen LogP contribution in [0, 0.1) is 20.8 Å². The fraction of sp³-hybridized carbons (Fsp3) is 0.136. The normalized spacial score (nSPS) is 10.9. The van der Waals surface area contributed by atoms with Crippen LogP contribution in [-0.2, 0) is 0 Å². The zero-order valence-corrected chi connectivity index (χ0v) is 15.4. The number of anilines is 1. The van der Waals surface area contributed by atoms with E-state index in [2.05, 4.69) is 15.3 Å². The highest BCUT2D eigenvalue weighted by Crippen LogP contribution is 2.27. The summed E-state index contributed by atoms with van der Waals surface area (Å²) in [6.45, 7) is 5.98. The number of amides is 1. The molecule has 27 heavy (non-hydrogen) atoms. The molecular formula is C22H19N3O2. The highest BCUT2D eigenvalue weighted by molar-refractivity contribution is 6.04. The summed E-state index contributed by atoms with van der Waals surface area (Å²) in [7, 11) is 0. The standard InChI is InChI=1S/C22H19N3O2/c1-13-6-7-16(11-14(13)2)21(26)24-18-9-8-17(12-15(18)3)22-25-20-19(27-22)5-4-10-23-20/h4-12H,1-3H3,(H,24,26). The smallest absolute Gasteiger partial charge is 0.255 e. The fourth-order valence-electron chi connectivity index (χ4n) is 2.91. The Labute approximate surface area is 157 Å². The fourth-order valence-corrected chi connectivity index (χ4v) is 2.91. The van der Waals surface area contributed by atoms with Gasteiger partial charge in [0.05, 0.1) is 0 Å². The van der Waals surface area contributed by atoms with Gasteiger partial charge in [0.1, 0.15) is 0 Å². The Bertz CT molecular complexity index is 1130. The molecule has 0 spiro atoms. The molecule has 4 rings (SSSR count). The van der Waals surface area contributed by atoms with Gasteiger partial charge in [-0.2, -0.15) is 4.98 Å². The van der Waals surface area contributed by atoms with Crippen molar-refractivity contribution >= 4 is 22.8 Å². The molecule has 0 radical (unpaired) electrons. The number of carbonyl (C=O) groups excluding carboxylic acids is 1. The van der Waals surface area contributed by atoms with Crippen LogP contribution >= 0.6 is 0 Å². The number of rotatable bonds is 3. The molecule has 0 saturated carbocycles. The first-order valence-electron chi connectivity index (χ1n) is 8.72. The predicted octanol–water partition coefficient (Wildman–Crippen LogP) is 5.07. The summed E-state index contributed by atoms with van der Waals surface area (Å²) in [6, 6.07) is 15.0. The molecule has 0 atom stereocenters. The van der Waals surface area contributed by atoms with E-state index >= 15 is 0 Å². The molecule has 0 saturated heterocycles. The molecule has 2 heterocycles. The topological polar surface area (TPSA) is 68.0 Å². The molecule has 0 bridgehead atoms. The summed E-state index contributed by atoms with van der Waals surface area (Å²) >= 11 is 0. The monoisotopic (exact) mass is 357 g/mol. The van der Waals surface area contributed by atoms with Crippen molar-refractivity contribution < 1.29 is 9.21 Å².